The van der Waals surface area contributed by atoms with Gasteiger partial charge in [-0.25, -0.2) is 4.79 Å². The highest BCUT2D eigenvalue weighted by atomic mass is 16.7. The fraction of sp³-hybridized carbons (Fsp3) is 0.367. The number of benzene rings is 3. The Hall–Kier alpha value is -3.51. The standard InChI is InChI=1S/C30H35N3O3/c34-30(31-15-7-12-23-8-3-1-4-9-23)32-27-20-29-28(35-22-36-29)19-26(27)21-33-16-13-25(14-17-33)18-24-10-5-2-6-11-24/h1-6,8-11,19-20,25H,7,12-18,21-22H2,(H2,31,32,34). The number of amides is 2. The Kier molecular flexibility index (Phi) is 8.03. The number of carbonyl (C=O) groups excluding carboxylic acids is 1. The van der Waals surface area contributed by atoms with Gasteiger partial charge in [-0.3, -0.25) is 4.90 Å². The fourth-order valence-corrected chi connectivity index (χ4v) is 5.07. The summed E-state index contributed by atoms with van der Waals surface area (Å²) in [6.07, 6.45) is 5.35. The Bertz CT molecular complexity index is 1130. The third-order valence-electron chi connectivity index (χ3n) is 7.09. The van der Waals surface area contributed by atoms with Gasteiger partial charge in [-0.2, -0.15) is 0 Å². The normalized spacial score (nSPS) is 15.6. The van der Waals surface area contributed by atoms with Gasteiger partial charge in [-0.05, 0) is 73.9 Å². The van der Waals surface area contributed by atoms with Crippen LogP contribution < -0.4 is 20.1 Å². The van der Waals surface area contributed by atoms with Crippen molar-refractivity contribution in [3.05, 3.63) is 89.5 Å². The lowest BCUT2D eigenvalue weighted by atomic mass is 9.90. The second kappa shape index (κ2) is 12.0. The van der Waals surface area contributed by atoms with Crippen molar-refractivity contribution in [2.24, 2.45) is 5.92 Å². The number of fused-ring (bicyclic) bond motifs is 1. The second-order valence-electron chi connectivity index (χ2n) is 9.74. The van der Waals surface area contributed by atoms with Crippen LogP contribution in [0.3, 0.4) is 0 Å². The van der Waals surface area contributed by atoms with Crippen molar-refractivity contribution >= 4 is 11.7 Å². The molecule has 36 heavy (non-hydrogen) atoms. The summed E-state index contributed by atoms with van der Waals surface area (Å²) in [5.41, 5.74) is 4.55. The number of carbonyl (C=O) groups is 1. The van der Waals surface area contributed by atoms with E-state index in [4.69, 9.17) is 9.47 Å². The van der Waals surface area contributed by atoms with Crippen molar-refractivity contribution in [2.45, 2.75) is 38.6 Å². The van der Waals surface area contributed by atoms with E-state index in [0.29, 0.717) is 12.3 Å². The first-order chi connectivity index (χ1) is 17.7. The monoisotopic (exact) mass is 485 g/mol. The molecule has 0 aliphatic carbocycles. The number of nitrogens with zero attached hydrogens (tertiary/aromatic N) is 1. The molecule has 2 aliphatic rings. The van der Waals surface area contributed by atoms with Gasteiger partial charge < -0.3 is 20.1 Å². The Morgan fingerprint density at radius 3 is 2.28 bits per heavy atom. The van der Waals surface area contributed by atoms with Crippen LogP contribution in [-0.4, -0.2) is 37.4 Å². The average Bonchev–Trinajstić information content (AvgIpc) is 3.36. The van der Waals surface area contributed by atoms with Crippen LogP contribution in [0.5, 0.6) is 11.5 Å². The molecule has 0 bridgehead atoms. The summed E-state index contributed by atoms with van der Waals surface area (Å²) in [7, 11) is 0. The smallest absolute Gasteiger partial charge is 0.319 e. The number of likely N-dealkylation sites (tertiary alicyclic amines) is 1. The van der Waals surface area contributed by atoms with Gasteiger partial charge in [0, 0.05) is 19.2 Å². The maximum atomic E-state index is 12.7. The van der Waals surface area contributed by atoms with Crippen LogP contribution in [0.4, 0.5) is 10.5 Å². The van der Waals surface area contributed by atoms with E-state index in [-0.39, 0.29) is 12.8 Å². The summed E-state index contributed by atoms with van der Waals surface area (Å²) in [6, 6.07) is 24.8. The zero-order valence-electron chi connectivity index (χ0n) is 20.7. The molecule has 0 aromatic heterocycles. The van der Waals surface area contributed by atoms with Gasteiger partial charge in [-0.1, -0.05) is 60.7 Å². The quantitative estimate of drug-likeness (QED) is 0.386. The maximum Gasteiger partial charge on any atom is 0.319 e. The van der Waals surface area contributed by atoms with Gasteiger partial charge in [0.05, 0.1) is 5.69 Å². The van der Waals surface area contributed by atoms with E-state index in [2.05, 4.69) is 58.0 Å². The van der Waals surface area contributed by atoms with Crippen LogP contribution >= 0.6 is 0 Å². The van der Waals surface area contributed by atoms with Crippen LogP contribution in [0.15, 0.2) is 72.8 Å². The molecule has 5 rings (SSSR count). The minimum atomic E-state index is -0.190. The minimum Gasteiger partial charge on any atom is -0.454 e. The predicted octanol–water partition coefficient (Wildman–Crippen LogP) is 5.62. The number of hydrogen-bond acceptors (Lipinski definition) is 4. The highest BCUT2D eigenvalue weighted by Crippen LogP contribution is 2.38. The zero-order chi connectivity index (χ0) is 24.6. The second-order valence-corrected chi connectivity index (χ2v) is 9.74. The molecular formula is C30H35N3O3. The third kappa shape index (κ3) is 6.58. The molecule has 0 spiro atoms. The van der Waals surface area contributed by atoms with Gasteiger partial charge >= 0.3 is 6.03 Å². The molecule has 3 aromatic carbocycles. The van der Waals surface area contributed by atoms with Gasteiger partial charge in [0.2, 0.25) is 6.79 Å². The Balaban J connectivity index is 1.14. The molecule has 6 heteroatoms. The van der Waals surface area contributed by atoms with E-state index in [1.165, 1.54) is 24.0 Å². The number of aryl methyl sites for hydroxylation is 1. The predicted molar refractivity (Wildman–Crippen MR) is 142 cm³/mol. The van der Waals surface area contributed by atoms with E-state index in [0.717, 1.165) is 61.8 Å². The minimum absolute atomic E-state index is 0.190. The van der Waals surface area contributed by atoms with E-state index in [1.807, 2.05) is 30.3 Å². The number of piperidine rings is 1. The van der Waals surface area contributed by atoms with Crippen molar-refractivity contribution in [3.63, 3.8) is 0 Å². The highest BCUT2D eigenvalue weighted by molar-refractivity contribution is 5.90. The van der Waals surface area contributed by atoms with Crippen molar-refractivity contribution in [1.29, 1.82) is 0 Å². The largest absolute Gasteiger partial charge is 0.454 e. The summed E-state index contributed by atoms with van der Waals surface area (Å²) in [5.74, 6) is 2.15. The molecule has 3 aromatic rings. The first kappa shape index (κ1) is 24.2. The Morgan fingerprint density at radius 1 is 0.889 bits per heavy atom. The Morgan fingerprint density at radius 2 is 1.56 bits per heavy atom. The van der Waals surface area contributed by atoms with Crippen molar-refractivity contribution in [1.82, 2.24) is 10.2 Å². The van der Waals surface area contributed by atoms with Crippen molar-refractivity contribution in [3.8, 4) is 11.5 Å². The average molecular weight is 486 g/mol. The number of urea groups is 1. The first-order valence-corrected chi connectivity index (χ1v) is 13.0. The van der Waals surface area contributed by atoms with E-state index in [1.54, 1.807) is 0 Å². The lowest BCUT2D eigenvalue weighted by molar-refractivity contribution is 0.172. The summed E-state index contributed by atoms with van der Waals surface area (Å²) < 4.78 is 11.2. The third-order valence-corrected chi connectivity index (χ3v) is 7.09. The lowest BCUT2D eigenvalue weighted by Crippen LogP contribution is -2.34. The molecule has 0 radical (unpaired) electrons. The van der Waals surface area contributed by atoms with Gasteiger partial charge in [0.25, 0.3) is 0 Å². The molecule has 0 saturated carbocycles. The molecule has 2 N–H and O–H groups in total. The van der Waals surface area contributed by atoms with E-state index >= 15 is 0 Å². The summed E-state index contributed by atoms with van der Waals surface area (Å²) >= 11 is 0. The number of rotatable bonds is 9. The summed E-state index contributed by atoms with van der Waals surface area (Å²) in [4.78, 5) is 15.2. The van der Waals surface area contributed by atoms with Crippen LogP contribution in [-0.2, 0) is 19.4 Å². The molecule has 1 saturated heterocycles. The Labute approximate surface area is 213 Å². The molecular weight excluding hydrogens is 450 g/mol. The van der Waals surface area contributed by atoms with Crippen LogP contribution in [0, 0.1) is 5.92 Å². The molecule has 2 aliphatic heterocycles. The van der Waals surface area contributed by atoms with Crippen LogP contribution in [0.1, 0.15) is 36.0 Å². The number of anilines is 1. The molecule has 6 nitrogen and oxygen atoms in total. The summed E-state index contributed by atoms with van der Waals surface area (Å²) in [5, 5.41) is 6.05. The highest BCUT2D eigenvalue weighted by Gasteiger charge is 2.23. The van der Waals surface area contributed by atoms with Gasteiger partial charge in [-0.15, -0.1) is 0 Å². The van der Waals surface area contributed by atoms with Gasteiger partial charge in [0.15, 0.2) is 11.5 Å². The van der Waals surface area contributed by atoms with Crippen molar-refractivity contribution < 1.29 is 14.3 Å². The molecule has 2 heterocycles. The summed E-state index contributed by atoms with van der Waals surface area (Å²) in [6.45, 7) is 3.72. The number of nitrogens with one attached hydrogen (secondary N) is 2. The molecule has 188 valence electrons. The SMILES string of the molecule is O=C(NCCCc1ccccc1)Nc1cc2c(cc1CN1CCC(Cc3ccccc3)CC1)OCO2. The number of hydrogen-bond donors (Lipinski definition) is 2. The first-order valence-electron chi connectivity index (χ1n) is 13.0. The topological polar surface area (TPSA) is 62.8 Å². The maximum absolute atomic E-state index is 12.7. The van der Waals surface area contributed by atoms with Gasteiger partial charge in [0.1, 0.15) is 0 Å². The lowest BCUT2D eigenvalue weighted by Gasteiger charge is -2.32. The van der Waals surface area contributed by atoms with Crippen molar-refractivity contribution in [2.75, 3.05) is 31.7 Å². The molecule has 0 atom stereocenters. The van der Waals surface area contributed by atoms with E-state index < -0.39 is 0 Å². The zero-order valence-corrected chi connectivity index (χ0v) is 20.7. The van der Waals surface area contributed by atoms with Crippen LogP contribution in [0.25, 0.3) is 0 Å². The number of ether oxygens (including phenoxy) is 2. The fourth-order valence-electron chi connectivity index (χ4n) is 5.07. The molecule has 0 unspecified atom stereocenters. The van der Waals surface area contributed by atoms with E-state index in [9.17, 15) is 4.79 Å². The molecule has 2 amide bonds. The van der Waals surface area contributed by atoms with Crippen LogP contribution in [0.2, 0.25) is 0 Å². The molecule has 1 fully saturated rings.